The molecule has 0 bridgehead atoms. The van der Waals surface area contributed by atoms with Crippen molar-refractivity contribution in [2.24, 2.45) is 5.92 Å². The molecule has 90 valence electrons. The molecule has 0 unspecified atom stereocenters. The summed E-state index contributed by atoms with van der Waals surface area (Å²) in [4.78, 5) is 18.9. The number of nitrogens with one attached hydrogen (secondary N) is 2. The van der Waals surface area contributed by atoms with Crippen molar-refractivity contribution < 1.29 is 4.79 Å². The van der Waals surface area contributed by atoms with Gasteiger partial charge in [0.2, 0.25) is 5.91 Å². The third-order valence-corrected chi connectivity index (χ3v) is 2.63. The first-order chi connectivity index (χ1) is 7.77. The van der Waals surface area contributed by atoms with Gasteiger partial charge in [-0.1, -0.05) is 26.7 Å². The molecule has 1 aromatic heterocycles. The van der Waals surface area contributed by atoms with E-state index in [1.807, 2.05) is 0 Å². The van der Waals surface area contributed by atoms with E-state index in [-0.39, 0.29) is 11.8 Å². The van der Waals surface area contributed by atoms with Crippen molar-refractivity contribution in [3.63, 3.8) is 0 Å². The minimum atomic E-state index is 0.153. The van der Waals surface area contributed by atoms with E-state index < -0.39 is 0 Å². The maximum absolute atomic E-state index is 11.9. The predicted molar refractivity (Wildman–Crippen MR) is 63.7 cm³/mol. The van der Waals surface area contributed by atoms with E-state index in [1.54, 1.807) is 12.4 Å². The van der Waals surface area contributed by atoms with Crippen LogP contribution in [0.5, 0.6) is 0 Å². The van der Waals surface area contributed by atoms with Crippen LogP contribution < -0.4 is 5.32 Å². The first-order valence-corrected chi connectivity index (χ1v) is 6.03. The van der Waals surface area contributed by atoms with Gasteiger partial charge >= 0.3 is 0 Å². The smallest absolute Gasteiger partial charge is 0.223 e. The number of H-pyrrole nitrogens is 1. The molecule has 1 rings (SSSR count). The lowest BCUT2D eigenvalue weighted by Crippen LogP contribution is -2.30. The number of aromatic amines is 1. The van der Waals surface area contributed by atoms with Crippen LogP contribution in [-0.4, -0.2) is 15.9 Å². The highest BCUT2D eigenvalue weighted by Crippen LogP contribution is 2.13. The molecule has 1 heterocycles. The fourth-order valence-electron chi connectivity index (χ4n) is 1.81. The average Bonchev–Trinajstić information content (AvgIpc) is 2.78. The summed E-state index contributed by atoms with van der Waals surface area (Å²) in [5.74, 6) is 1.12. The molecule has 0 aromatic carbocycles. The summed E-state index contributed by atoms with van der Waals surface area (Å²) in [6.07, 6.45) is 7.50. The molecule has 0 fully saturated rings. The van der Waals surface area contributed by atoms with Crippen LogP contribution in [0.3, 0.4) is 0 Å². The summed E-state index contributed by atoms with van der Waals surface area (Å²) >= 11 is 0. The van der Waals surface area contributed by atoms with E-state index in [0.717, 1.165) is 31.5 Å². The Bertz CT molecular complexity index is 289. The van der Waals surface area contributed by atoms with E-state index in [1.165, 1.54) is 0 Å². The maximum atomic E-state index is 11.9. The molecule has 16 heavy (non-hydrogen) atoms. The number of rotatable bonds is 7. The minimum absolute atomic E-state index is 0.153. The lowest BCUT2D eigenvalue weighted by molar-refractivity contribution is -0.125. The van der Waals surface area contributed by atoms with E-state index >= 15 is 0 Å². The van der Waals surface area contributed by atoms with Crippen LogP contribution in [-0.2, 0) is 11.3 Å². The van der Waals surface area contributed by atoms with Crippen LogP contribution in [0.2, 0.25) is 0 Å². The highest BCUT2D eigenvalue weighted by molar-refractivity contribution is 5.78. The van der Waals surface area contributed by atoms with Crippen molar-refractivity contribution in [1.29, 1.82) is 0 Å². The van der Waals surface area contributed by atoms with Crippen molar-refractivity contribution in [2.75, 3.05) is 0 Å². The fraction of sp³-hybridized carbons (Fsp3) is 0.667. The largest absolute Gasteiger partial charge is 0.349 e. The standard InChI is InChI=1S/C12H21N3O/c1-3-5-10(6-4-2)12(16)15-9-11-13-7-8-14-11/h7-8,10H,3-6,9H2,1-2H3,(H,13,14)(H,15,16). The number of hydrogen-bond acceptors (Lipinski definition) is 2. The molecular formula is C12H21N3O. The predicted octanol–water partition coefficient (Wildman–Crippen LogP) is 2.24. The van der Waals surface area contributed by atoms with Crippen LogP contribution >= 0.6 is 0 Å². The Hall–Kier alpha value is -1.32. The summed E-state index contributed by atoms with van der Waals surface area (Å²) in [7, 11) is 0. The van der Waals surface area contributed by atoms with E-state index in [9.17, 15) is 4.79 Å². The Kier molecular flexibility index (Phi) is 5.61. The number of amides is 1. The molecule has 0 saturated carbocycles. The second kappa shape index (κ2) is 7.04. The van der Waals surface area contributed by atoms with Gasteiger partial charge < -0.3 is 10.3 Å². The topological polar surface area (TPSA) is 57.8 Å². The highest BCUT2D eigenvalue weighted by Gasteiger charge is 2.16. The molecule has 0 aliphatic carbocycles. The molecule has 0 spiro atoms. The normalized spacial score (nSPS) is 10.7. The van der Waals surface area contributed by atoms with Crippen LogP contribution in [0, 0.1) is 5.92 Å². The Morgan fingerprint density at radius 1 is 1.44 bits per heavy atom. The van der Waals surface area contributed by atoms with Crippen molar-refractivity contribution >= 4 is 5.91 Å². The Morgan fingerprint density at radius 2 is 2.12 bits per heavy atom. The number of carbonyl (C=O) groups excluding carboxylic acids is 1. The summed E-state index contributed by atoms with van der Waals surface area (Å²) < 4.78 is 0. The Balaban J connectivity index is 2.36. The second-order valence-corrected chi connectivity index (χ2v) is 4.03. The van der Waals surface area contributed by atoms with E-state index in [2.05, 4.69) is 29.1 Å². The summed E-state index contributed by atoms with van der Waals surface area (Å²) in [5.41, 5.74) is 0. The molecule has 0 saturated heterocycles. The van der Waals surface area contributed by atoms with Crippen molar-refractivity contribution in [3.8, 4) is 0 Å². The number of nitrogens with zero attached hydrogens (tertiary/aromatic N) is 1. The monoisotopic (exact) mass is 223 g/mol. The lowest BCUT2D eigenvalue weighted by atomic mass is 9.97. The maximum Gasteiger partial charge on any atom is 0.223 e. The third kappa shape index (κ3) is 4.04. The van der Waals surface area contributed by atoms with Gasteiger partial charge in [0.15, 0.2) is 0 Å². The summed E-state index contributed by atoms with van der Waals surface area (Å²) in [6, 6.07) is 0. The molecular weight excluding hydrogens is 202 g/mol. The van der Waals surface area contributed by atoms with Crippen LogP contribution in [0.25, 0.3) is 0 Å². The number of hydrogen-bond donors (Lipinski definition) is 2. The average molecular weight is 223 g/mol. The molecule has 1 aromatic rings. The second-order valence-electron chi connectivity index (χ2n) is 4.03. The van der Waals surface area contributed by atoms with Gasteiger partial charge in [-0.2, -0.15) is 0 Å². The summed E-state index contributed by atoms with van der Waals surface area (Å²) in [5, 5.41) is 2.92. The van der Waals surface area contributed by atoms with Crippen molar-refractivity contribution in [1.82, 2.24) is 15.3 Å². The van der Waals surface area contributed by atoms with Crippen molar-refractivity contribution in [2.45, 2.75) is 46.1 Å². The van der Waals surface area contributed by atoms with E-state index in [0.29, 0.717) is 6.54 Å². The first-order valence-electron chi connectivity index (χ1n) is 6.03. The van der Waals surface area contributed by atoms with Crippen molar-refractivity contribution in [3.05, 3.63) is 18.2 Å². The van der Waals surface area contributed by atoms with Gasteiger partial charge in [0.1, 0.15) is 5.82 Å². The molecule has 0 aliphatic heterocycles. The van der Waals surface area contributed by atoms with Gasteiger partial charge in [-0.05, 0) is 12.8 Å². The van der Waals surface area contributed by atoms with Crippen LogP contribution in [0.4, 0.5) is 0 Å². The molecule has 4 nitrogen and oxygen atoms in total. The van der Waals surface area contributed by atoms with Gasteiger partial charge in [-0.15, -0.1) is 0 Å². The van der Waals surface area contributed by atoms with Crippen LogP contribution in [0.1, 0.15) is 45.4 Å². The highest BCUT2D eigenvalue weighted by atomic mass is 16.1. The zero-order chi connectivity index (χ0) is 11.8. The number of carbonyl (C=O) groups is 1. The zero-order valence-electron chi connectivity index (χ0n) is 10.1. The molecule has 4 heteroatoms. The first kappa shape index (κ1) is 12.7. The van der Waals surface area contributed by atoms with Gasteiger partial charge in [-0.3, -0.25) is 4.79 Å². The van der Waals surface area contributed by atoms with E-state index in [4.69, 9.17) is 0 Å². The molecule has 0 aliphatic rings. The number of aromatic nitrogens is 2. The van der Waals surface area contributed by atoms with Gasteiger partial charge in [0, 0.05) is 18.3 Å². The minimum Gasteiger partial charge on any atom is -0.349 e. The summed E-state index contributed by atoms with van der Waals surface area (Å²) in [6.45, 7) is 4.72. The lowest BCUT2D eigenvalue weighted by Gasteiger charge is -2.14. The Labute approximate surface area is 96.9 Å². The molecule has 0 atom stereocenters. The quantitative estimate of drug-likeness (QED) is 0.744. The molecule has 2 N–H and O–H groups in total. The fourth-order valence-corrected chi connectivity index (χ4v) is 1.81. The van der Waals surface area contributed by atoms with Gasteiger partial charge in [0.25, 0.3) is 0 Å². The third-order valence-electron chi connectivity index (χ3n) is 2.63. The molecule has 0 radical (unpaired) electrons. The SMILES string of the molecule is CCCC(CCC)C(=O)NCc1ncc[nH]1. The Morgan fingerprint density at radius 3 is 2.62 bits per heavy atom. The number of imidazole rings is 1. The van der Waals surface area contributed by atoms with Crippen LogP contribution in [0.15, 0.2) is 12.4 Å². The zero-order valence-corrected chi connectivity index (χ0v) is 10.1. The molecule has 1 amide bonds. The van der Waals surface area contributed by atoms with Gasteiger partial charge in [-0.25, -0.2) is 4.98 Å². The van der Waals surface area contributed by atoms with Gasteiger partial charge in [0.05, 0.1) is 6.54 Å².